The van der Waals surface area contributed by atoms with Gasteiger partial charge in [-0.05, 0) is 35.6 Å². The summed E-state index contributed by atoms with van der Waals surface area (Å²) < 4.78 is 23.9. The zero-order valence-electron chi connectivity index (χ0n) is 16.0. The third-order valence-corrected chi connectivity index (χ3v) is 8.69. The van der Waals surface area contributed by atoms with Crippen molar-refractivity contribution in [1.29, 1.82) is 0 Å². The first-order valence-electron chi connectivity index (χ1n) is 10.1. The lowest BCUT2D eigenvalue weighted by atomic mass is 10.1. The summed E-state index contributed by atoms with van der Waals surface area (Å²) in [6.07, 6.45) is 4.89. The molecule has 0 radical (unpaired) electrons. The van der Waals surface area contributed by atoms with Gasteiger partial charge < -0.3 is 4.90 Å². The lowest BCUT2D eigenvalue weighted by Gasteiger charge is -2.34. The second-order valence-electron chi connectivity index (χ2n) is 7.93. The van der Waals surface area contributed by atoms with Gasteiger partial charge in [0.05, 0.1) is 17.3 Å². The minimum absolute atomic E-state index is 0.110. The molecule has 28 heavy (non-hydrogen) atoms. The fourth-order valence-corrected chi connectivity index (χ4v) is 7.23. The van der Waals surface area contributed by atoms with E-state index >= 15 is 0 Å². The lowest BCUT2D eigenvalue weighted by molar-refractivity contribution is -0.132. The van der Waals surface area contributed by atoms with Crippen molar-refractivity contribution in [3.05, 3.63) is 48.0 Å². The standard InChI is InChI=1S/C22H27NO3S2/c24-22(15-27-14-18-8-5-7-17-6-1-4-11-21(17)18)23(19-9-2-3-10-19)20-12-13-28(25,26)16-20/h1,4-8,11,19-20H,2-3,9-10,12-16H2. The summed E-state index contributed by atoms with van der Waals surface area (Å²) in [5, 5.41) is 2.45. The van der Waals surface area contributed by atoms with Gasteiger partial charge in [0, 0.05) is 17.8 Å². The van der Waals surface area contributed by atoms with Gasteiger partial charge in [-0.3, -0.25) is 4.79 Å². The highest BCUT2D eigenvalue weighted by Crippen LogP contribution is 2.30. The van der Waals surface area contributed by atoms with Crippen molar-refractivity contribution in [1.82, 2.24) is 4.90 Å². The van der Waals surface area contributed by atoms with Crippen LogP contribution < -0.4 is 0 Å². The predicted molar refractivity (Wildman–Crippen MR) is 116 cm³/mol. The molecule has 1 aliphatic carbocycles. The van der Waals surface area contributed by atoms with Gasteiger partial charge in [0.15, 0.2) is 9.84 Å². The lowest BCUT2D eigenvalue weighted by Crippen LogP contribution is -2.47. The molecule has 1 unspecified atom stereocenters. The third-order valence-electron chi connectivity index (χ3n) is 5.97. The number of benzene rings is 2. The fraction of sp³-hybridized carbons (Fsp3) is 0.500. The van der Waals surface area contributed by atoms with Crippen molar-refractivity contribution in [2.45, 2.75) is 49.9 Å². The summed E-state index contributed by atoms with van der Waals surface area (Å²) in [6.45, 7) is 0. The Morgan fingerprint density at radius 2 is 1.75 bits per heavy atom. The van der Waals surface area contributed by atoms with E-state index in [1.807, 2.05) is 17.0 Å². The summed E-state index contributed by atoms with van der Waals surface area (Å²) >= 11 is 1.63. The maximum Gasteiger partial charge on any atom is 0.233 e. The second-order valence-corrected chi connectivity index (χ2v) is 11.1. The molecule has 1 saturated carbocycles. The van der Waals surface area contributed by atoms with Crippen LogP contribution in [0.5, 0.6) is 0 Å². The minimum Gasteiger partial charge on any atom is -0.335 e. The minimum atomic E-state index is -2.99. The molecule has 0 N–H and O–H groups in total. The van der Waals surface area contributed by atoms with E-state index in [2.05, 4.69) is 30.3 Å². The van der Waals surface area contributed by atoms with Crippen LogP contribution >= 0.6 is 11.8 Å². The zero-order valence-corrected chi connectivity index (χ0v) is 17.7. The Balaban J connectivity index is 1.43. The topological polar surface area (TPSA) is 54.5 Å². The first kappa shape index (κ1) is 19.8. The highest BCUT2D eigenvalue weighted by atomic mass is 32.2. The van der Waals surface area contributed by atoms with Crippen LogP contribution in [0, 0.1) is 0 Å². The molecule has 2 fully saturated rings. The van der Waals surface area contributed by atoms with Gasteiger partial charge in [-0.15, -0.1) is 11.8 Å². The maximum absolute atomic E-state index is 13.1. The Bertz CT molecular complexity index is 946. The molecule has 0 aromatic heterocycles. The van der Waals surface area contributed by atoms with Crippen molar-refractivity contribution in [3.63, 3.8) is 0 Å². The molecule has 150 valence electrons. The Hall–Kier alpha value is -1.53. The first-order chi connectivity index (χ1) is 13.5. The number of carbonyl (C=O) groups is 1. The van der Waals surface area contributed by atoms with Crippen molar-refractivity contribution in [2.75, 3.05) is 17.3 Å². The quantitative estimate of drug-likeness (QED) is 0.712. The number of nitrogens with zero attached hydrogens (tertiary/aromatic N) is 1. The molecule has 4 nitrogen and oxygen atoms in total. The van der Waals surface area contributed by atoms with E-state index in [9.17, 15) is 13.2 Å². The van der Waals surface area contributed by atoms with E-state index < -0.39 is 9.84 Å². The molecule has 1 amide bonds. The summed E-state index contributed by atoms with van der Waals surface area (Å²) in [5.74, 6) is 1.67. The predicted octanol–water partition coefficient (Wildman–Crippen LogP) is 4.03. The third kappa shape index (κ3) is 4.38. The van der Waals surface area contributed by atoms with Gasteiger partial charge in [0.1, 0.15) is 0 Å². The Labute approximate surface area is 171 Å². The molecule has 2 aliphatic rings. The molecular weight excluding hydrogens is 390 g/mol. The zero-order chi connectivity index (χ0) is 19.6. The average Bonchev–Trinajstić information content (AvgIpc) is 3.32. The van der Waals surface area contributed by atoms with E-state index in [-0.39, 0.29) is 29.5 Å². The Kier molecular flexibility index (Phi) is 5.97. The largest absolute Gasteiger partial charge is 0.335 e. The smallest absolute Gasteiger partial charge is 0.233 e. The molecule has 1 atom stereocenters. The van der Waals surface area contributed by atoms with Gasteiger partial charge in [0.2, 0.25) is 5.91 Å². The molecule has 6 heteroatoms. The molecule has 2 aromatic rings. The first-order valence-corrected chi connectivity index (χ1v) is 13.1. The Morgan fingerprint density at radius 1 is 1.00 bits per heavy atom. The van der Waals surface area contributed by atoms with E-state index in [1.165, 1.54) is 16.3 Å². The van der Waals surface area contributed by atoms with E-state index in [0.717, 1.165) is 31.4 Å². The molecule has 4 rings (SSSR count). The highest BCUT2D eigenvalue weighted by Gasteiger charge is 2.38. The number of carbonyl (C=O) groups excluding carboxylic acids is 1. The molecule has 1 aliphatic heterocycles. The monoisotopic (exact) mass is 417 g/mol. The second kappa shape index (κ2) is 8.46. The SMILES string of the molecule is O=C(CSCc1cccc2ccccc12)N(C1CCCC1)C1CCS(=O)(=O)C1. The number of rotatable bonds is 6. The van der Waals surface area contributed by atoms with Crippen LogP contribution in [0.1, 0.15) is 37.7 Å². The van der Waals surface area contributed by atoms with Crippen molar-refractivity contribution in [3.8, 4) is 0 Å². The normalized spacial score (nSPS) is 21.9. The summed E-state index contributed by atoms with van der Waals surface area (Å²) in [7, 11) is -2.99. The van der Waals surface area contributed by atoms with Crippen LogP contribution in [0.15, 0.2) is 42.5 Å². The summed E-state index contributed by atoms with van der Waals surface area (Å²) in [6, 6.07) is 14.7. The maximum atomic E-state index is 13.1. The highest BCUT2D eigenvalue weighted by molar-refractivity contribution is 7.99. The van der Waals surface area contributed by atoms with Gasteiger partial charge in [-0.25, -0.2) is 8.42 Å². The molecule has 1 saturated heterocycles. The molecule has 0 spiro atoms. The number of fused-ring (bicyclic) bond motifs is 1. The van der Waals surface area contributed by atoms with Crippen molar-refractivity contribution >= 4 is 38.3 Å². The Morgan fingerprint density at radius 3 is 2.50 bits per heavy atom. The van der Waals surface area contributed by atoms with Gasteiger partial charge in [0.25, 0.3) is 0 Å². The van der Waals surface area contributed by atoms with E-state index in [4.69, 9.17) is 0 Å². The van der Waals surface area contributed by atoms with Crippen LogP contribution in [0.4, 0.5) is 0 Å². The van der Waals surface area contributed by atoms with Gasteiger partial charge >= 0.3 is 0 Å². The van der Waals surface area contributed by atoms with Gasteiger partial charge in [-0.1, -0.05) is 55.3 Å². The van der Waals surface area contributed by atoms with Crippen LogP contribution in [0.3, 0.4) is 0 Å². The number of amides is 1. The molecular formula is C22H27NO3S2. The number of hydrogen-bond donors (Lipinski definition) is 0. The molecule has 2 aromatic carbocycles. The summed E-state index contributed by atoms with van der Waals surface area (Å²) in [5.41, 5.74) is 1.24. The number of thioether (sulfide) groups is 1. The molecule has 0 bridgehead atoms. The van der Waals surface area contributed by atoms with Crippen LogP contribution in [-0.2, 0) is 20.4 Å². The van der Waals surface area contributed by atoms with Crippen LogP contribution in [0.2, 0.25) is 0 Å². The van der Waals surface area contributed by atoms with E-state index in [1.54, 1.807) is 11.8 Å². The van der Waals surface area contributed by atoms with Crippen molar-refractivity contribution < 1.29 is 13.2 Å². The number of hydrogen-bond acceptors (Lipinski definition) is 4. The number of sulfone groups is 1. The van der Waals surface area contributed by atoms with Crippen LogP contribution in [-0.4, -0.2) is 48.6 Å². The van der Waals surface area contributed by atoms with Gasteiger partial charge in [-0.2, -0.15) is 0 Å². The molecule has 1 heterocycles. The average molecular weight is 418 g/mol. The fourth-order valence-electron chi connectivity index (χ4n) is 4.62. The van der Waals surface area contributed by atoms with Crippen LogP contribution in [0.25, 0.3) is 10.8 Å². The van der Waals surface area contributed by atoms with Crippen molar-refractivity contribution in [2.24, 2.45) is 0 Å². The van der Waals surface area contributed by atoms with E-state index in [0.29, 0.717) is 12.2 Å². The summed E-state index contributed by atoms with van der Waals surface area (Å²) in [4.78, 5) is 15.0.